The van der Waals surface area contributed by atoms with E-state index >= 15 is 0 Å². The van der Waals surface area contributed by atoms with Crippen LogP contribution in [0.4, 0.5) is 15.8 Å². The molecule has 2 N–H and O–H groups in total. The van der Waals surface area contributed by atoms with Crippen molar-refractivity contribution in [2.75, 3.05) is 16.6 Å². The van der Waals surface area contributed by atoms with Gasteiger partial charge in [-0.05, 0) is 54.8 Å². The number of nitrogens with one attached hydrogen (secondary N) is 2. The van der Waals surface area contributed by atoms with E-state index in [4.69, 9.17) is 0 Å². The number of anilines is 2. The van der Waals surface area contributed by atoms with Gasteiger partial charge in [-0.15, -0.1) is 0 Å². The Kier molecular flexibility index (Phi) is 4.10. The summed E-state index contributed by atoms with van der Waals surface area (Å²) in [4.78, 5) is 0.195. The van der Waals surface area contributed by atoms with Crippen LogP contribution >= 0.6 is 15.9 Å². The van der Waals surface area contributed by atoms with E-state index in [9.17, 15) is 12.8 Å². The fourth-order valence-corrected chi connectivity index (χ4v) is 4.43. The number of fused-ring (bicyclic) bond motifs is 1. The van der Waals surface area contributed by atoms with E-state index in [-0.39, 0.29) is 4.90 Å². The van der Waals surface area contributed by atoms with Crippen LogP contribution in [0.25, 0.3) is 0 Å². The van der Waals surface area contributed by atoms with Gasteiger partial charge < -0.3 is 5.32 Å². The Morgan fingerprint density at radius 2 is 1.91 bits per heavy atom. The number of hydrogen-bond acceptors (Lipinski definition) is 3. The average molecular weight is 385 g/mol. The lowest BCUT2D eigenvalue weighted by Crippen LogP contribution is -2.19. The summed E-state index contributed by atoms with van der Waals surface area (Å²) in [7, 11) is -3.76. The number of aryl methyl sites for hydroxylation is 1. The van der Waals surface area contributed by atoms with Gasteiger partial charge in [0, 0.05) is 16.7 Å². The van der Waals surface area contributed by atoms with Gasteiger partial charge in [0.15, 0.2) is 0 Å². The number of sulfonamides is 1. The Hall–Kier alpha value is -1.60. The zero-order valence-electron chi connectivity index (χ0n) is 11.6. The van der Waals surface area contributed by atoms with Crippen LogP contribution in [-0.4, -0.2) is 15.0 Å². The topological polar surface area (TPSA) is 58.2 Å². The number of halogens is 2. The molecule has 2 aromatic carbocycles. The first-order valence-electron chi connectivity index (χ1n) is 6.80. The first-order chi connectivity index (χ1) is 10.5. The van der Waals surface area contributed by atoms with Crippen molar-refractivity contribution in [3.63, 3.8) is 0 Å². The van der Waals surface area contributed by atoms with Gasteiger partial charge in [-0.2, -0.15) is 0 Å². The molecular formula is C15H14BrFN2O2S. The molecule has 0 atom stereocenters. The largest absolute Gasteiger partial charge is 0.384 e. The summed E-state index contributed by atoms with van der Waals surface area (Å²) in [6.07, 6.45) is 1.80. The third-order valence-corrected chi connectivity index (χ3v) is 5.32. The molecule has 0 fully saturated rings. The SMILES string of the molecule is O=S(=O)(Nc1ccc(F)cc1)c1cc(Br)cc2c1NCCC2. The molecule has 4 nitrogen and oxygen atoms in total. The van der Waals surface area contributed by atoms with Crippen LogP contribution in [0.5, 0.6) is 0 Å². The molecule has 0 spiro atoms. The minimum Gasteiger partial charge on any atom is -0.384 e. The number of rotatable bonds is 3. The van der Waals surface area contributed by atoms with E-state index < -0.39 is 15.8 Å². The summed E-state index contributed by atoms with van der Waals surface area (Å²) < 4.78 is 41.4. The summed E-state index contributed by atoms with van der Waals surface area (Å²) in [5.41, 5.74) is 1.94. The Balaban J connectivity index is 2.02. The van der Waals surface area contributed by atoms with Crippen LogP contribution in [0.2, 0.25) is 0 Å². The quantitative estimate of drug-likeness (QED) is 0.846. The molecule has 1 heterocycles. The Morgan fingerprint density at radius 1 is 1.18 bits per heavy atom. The van der Waals surface area contributed by atoms with Crippen LogP contribution in [0.3, 0.4) is 0 Å². The monoisotopic (exact) mass is 384 g/mol. The summed E-state index contributed by atoms with van der Waals surface area (Å²) in [5.74, 6) is -0.413. The molecule has 3 rings (SSSR count). The maximum absolute atomic E-state index is 12.9. The first-order valence-corrected chi connectivity index (χ1v) is 9.08. The Morgan fingerprint density at radius 3 is 2.64 bits per heavy atom. The zero-order chi connectivity index (χ0) is 15.7. The molecule has 116 valence electrons. The van der Waals surface area contributed by atoms with Gasteiger partial charge >= 0.3 is 0 Å². The van der Waals surface area contributed by atoms with Crippen molar-refractivity contribution >= 4 is 37.3 Å². The van der Waals surface area contributed by atoms with Crippen molar-refractivity contribution in [1.82, 2.24) is 0 Å². The average Bonchev–Trinajstić information content (AvgIpc) is 2.48. The molecule has 0 unspecified atom stereocenters. The molecule has 0 radical (unpaired) electrons. The minimum atomic E-state index is -3.76. The van der Waals surface area contributed by atoms with Crippen molar-refractivity contribution in [3.8, 4) is 0 Å². The highest BCUT2D eigenvalue weighted by Gasteiger charge is 2.23. The normalized spacial score (nSPS) is 14.1. The minimum absolute atomic E-state index is 0.195. The molecule has 0 saturated heterocycles. The first kappa shape index (κ1) is 15.3. The predicted molar refractivity (Wildman–Crippen MR) is 88.2 cm³/mol. The highest BCUT2D eigenvalue weighted by Crippen LogP contribution is 2.33. The second kappa shape index (κ2) is 5.89. The summed E-state index contributed by atoms with van der Waals surface area (Å²) >= 11 is 3.36. The molecule has 1 aliphatic rings. The van der Waals surface area contributed by atoms with Crippen molar-refractivity contribution in [3.05, 3.63) is 52.3 Å². The van der Waals surface area contributed by atoms with Gasteiger partial charge in [-0.1, -0.05) is 15.9 Å². The van der Waals surface area contributed by atoms with Crippen LogP contribution < -0.4 is 10.0 Å². The molecule has 1 aliphatic heterocycles. The van der Waals surface area contributed by atoms with E-state index in [1.165, 1.54) is 24.3 Å². The highest BCUT2D eigenvalue weighted by atomic mass is 79.9. The molecule has 0 aromatic heterocycles. The molecule has 0 saturated carbocycles. The lowest BCUT2D eigenvalue weighted by Gasteiger charge is -2.22. The second-order valence-corrected chi connectivity index (χ2v) is 7.65. The smallest absolute Gasteiger partial charge is 0.264 e. The van der Waals surface area contributed by atoms with Crippen LogP contribution in [0.15, 0.2) is 45.8 Å². The van der Waals surface area contributed by atoms with E-state index in [2.05, 4.69) is 26.0 Å². The molecule has 0 bridgehead atoms. The zero-order valence-corrected chi connectivity index (χ0v) is 14.0. The second-order valence-electron chi connectivity index (χ2n) is 5.08. The third kappa shape index (κ3) is 3.10. The van der Waals surface area contributed by atoms with Gasteiger partial charge in [-0.3, -0.25) is 4.72 Å². The van der Waals surface area contributed by atoms with Crippen molar-refractivity contribution in [2.45, 2.75) is 17.7 Å². The standard InChI is InChI=1S/C15H14BrFN2O2S/c16-11-8-10-2-1-7-18-15(10)14(9-11)22(20,21)19-13-5-3-12(17)4-6-13/h3-6,8-9,18-19H,1-2,7H2. The van der Waals surface area contributed by atoms with Gasteiger partial charge in [0.25, 0.3) is 10.0 Å². The van der Waals surface area contributed by atoms with Crippen molar-refractivity contribution in [1.29, 1.82) is 0 Å². The van der Waals surface area contributed by atoms with Gasteiger partial charge in [-0.25, -0.2) is 12.8 Å². The van der Waals surface area contributed by atoms with Gasteiger partial charge in [0.05, 0.1) is 5.69 Å². The fraction of sp³-hybridized carbons (Fsp3) is 0.200. The maximum Gasteiger partial charge on any atom is 0.264 e. The molecule has 0 aliphatic carbocycles. The van der Waals surface area contributed by atoms with Crippen molar-refractivity contribution < 1.29 is 12.8 Å². The number of hydrogen-bond donors (Lipinski definition) is 2. The van der Waals surface area contributed by atoms with E-state index in [0.29, 0.717) is 11.4 Å². The third-order valence-electron chi connectivity index (χ3n) is 3.46. The fourth-order valence-electron chi connectivity index (χ4n) is 2.47. The van der Waals surface area contributed by atoms with Crippen LogP contribution in [0.1, 0.15) is 12.0 Å². The maximum atomic E-state index is 12.9. The predicted octanol–water partition coefficient (Wildman–Crippen LogP) is 3.75. The Bertz CT molecular complexity index is 807. The molecule has 22 heavy (non-hydrogen) atoms. The summed E-state index contributed by atoms with van der Waals surface area (Å²) in [6.45, 7) is 0.744. The van der Waals surface area contributed by atoms with E-state index in [0.717, 1.165) is 29.4 Å². The summed E-state index contributed by atoms with van der Waals surface area (Å²) in [6, 6.07) is 8.72. The lowest BCUT2D eigenvalue weighted by atomic mass is 10.0. The van der Waals surface area contributed by atoms with Crippen LogP contribution in [-0.2, 0) is 16.4 Å². The van der Waals surface area contributed by atoms with Crippen LogP contribution in [0, 0.1) is 5.82 Å². The van der Waals surface area contributed by atoms with E-state index in [1.807, 2.05) is 6.07 Å². The van der Waals surface area contributed by atoms with E-state index in [1.54, 1.807) is 6.07 Å². The molecular weight excluding hydrogens is 371 g/mol. The number of benzene rings is 2. The highest BCUT2D eigenvalue weighted by molar-refractivity contribution is 9.10. The van der Waals surface area contributed by atoms with Gasteiger partial charge in [0.1, 0.15) is 10.7 Å². The molecule has 7 heteroatoms. The molecule has 0 amide bonds. The Labute approximate surface area is 136 Å². The van der Waals surface area contributed by atoms with Crippen molar-refractivity contribution in [2.24, 2.45) is 0 Å². The van der Waals surface area contributed by atoms with Gasteiger partial charge in [0.2, 0.25) is 0 Å². The summed E-state index contributed by atoms with van der Waals surface area (Å²) in [5, 5.41) is 3.16. The molecule has 2 aromatic rings. The lowest BCUT2D eigenvalue weighted by molar-refractivity contribution is 0.600.